The summed E-state index contributed by atoms with van der Waals surface area (Å²) in [5, 5.41) is 7.12. The molecule has 0 aliphatic heterocycles. The number of para-hydroxylation sites is 1. The van der Waals surface area contributed by atoms with Gasteiger partial charge in [-0.3, -0.25) is 0 Å². The number of carbonyl (C=O) groups is 1. The van der Waals surface area contributed by atoms with Crippen molar-refractivity contribution in [2.24, 2.45) is 0 Å². The Morgan fingerprint density at radius 2 is 1.90 bits per heavy atom. The Bertz CT molecular complexity index is 797. The first-order valence-electron chi connectivity index (χ1n) is 9.78. The number of unbranched alkanes of at least 4 members (excludes halogenated alkanes) is 1. The van der Waals surface area contributed by atoms with Gasteiger partial charge in [0.15, 0.2) is 0 Å². The lowest BCUT2D eigenvalue weighted by Crippen LogP contribution is -2.21. The van der Waals surface area contributed by atoms with Crippen LogP contribution in [0.3, 0.4) is 0 Å². The van der Waals surface area contributed by atoms with E-state index in [1.165, 1.54) is 44.2 Å². The average molecular weight is 412 g/mol. The average Bonchev–Trinajstić information content (AvgIpc) is 3.35. The number of rotatable bonds is 6. The molecular formula is C21H27F3N2O3. The van der Waals surface area contributed by atoms with Crippen LogP contribution in [-0.2, 0) is 11.2 Å². The molecule has 0 unspecified atom stereocenters. The largest absolute Gasteiger partial charge is 0.496 e. The number of imidazole rings is 1. The van der Waals surface area contributed by atoms with Crippen molar-refractivity contribution in [2.45, 2.75) is 64.1 Å². The van der Waals surface area contributed by atoms with E-state index in [0.29, 0.717) is 6.04 Å². The SMILES string of the molecule is CCCCc1c(-c2ccccc2OC)ncn1C1CCCC1.O=C(O)C(F)(F)F. The van der Waals surface area contributed by atoms with Gasteiger partial charge in [-0.05, 0) is 37.8 Å². The number of carboxylic acid groups (broad SMARTS) is 1. The summed E-state index contributed by atoms with van der Waals surface area (Å²) in [5.74, 6) is -1.84. The highest BCUT2D eigenvalue weighted by Crippen LogP contribution is 2.36. The van der Waals surface area contributed by atoms with Crippen LogP contribution >= 0.6 is 0 Å². The number of aliphatic carboxylic acids is 1. The highest BCUT2D eigenvalue weighted by molar-refractivity contribution is 5.73. The zero-order valence-electron chi connectivity index (χ0n) is 16.7. The molecular weight excluding hydrogens is 385 g/mol. The highest BCUT2D eigenvalue weighted by Gasteiger charge is 2.38. The van der Waals surface area contributed by atoms with Crippen LogP contribution in [0.2, 0.25) is 0 Å². The van der Waals surface area contributed by atoms with E-state index in [1.54, 1.807) is 7.11 Å². The monoisotopic (exact) mass is 412 g/mol. The van der Waals surface area contributed by atoms with Crippen molar-refractivity contribution in [3.8, 4) is 17.0 Å². The molecule has 1 saturated carbocycles. The van der Waals surface area contributed by atoms with E-state index in [9.17, 15) is 13.2 Å². The maximum atomic E-state index is 10.6. The summed E-state index contributed by atoms with van der Waals surface area (Å²) in [6.45, 7) is 2.25. The molecule has 0 atom stereocenters. The summed E-state index contributed by atoms with van der Waals surface area (Å²) in [7, 11) is 1.73. The van der Waals surface area contributed by atoms with Crippen molar-refractivity contribution in [1.82, 2.24) is 9.55 Å². The summed E-state index contributed by atoms with van der Waals surface area (Å²) in [6.07, 6.45) is 5.77. The number of hydrogen-bond acceptors (Lipinski definition) is 3. The Kier molecular flexibility index (Phi) is 8.10. The Balaban J connectivity index is 0.000000370. The molecule has 1 fully saturated rings. The Hall–Kier alpha value is -2.51. The first-order valence-corrected chi connectivity index (χ1v) is 9.78. The predicted octanol–water partition coefficient (Wildman–Crippen LogP) is 5.65. The number of benzene rings is 1. The lowest BCUT2D eigenvalue weighted by atomic mass is 10.0. The third-order valence-corrected chi connectivity index (χ3v) is 4.99. The van der Waals surface area contributed by atoms with E-state index in [4.69, 9.17) is 19.6 Å². The Labute approximate surface area is 168 Å². The van der Waals surface area contributed by atoms with Crippen LogP contribution < -0.4 is 4.74 Å². The van der Waals surface area contributed by atoms with Gasteiger partial charge in [0.2, 0.25) is 0 Å². The number of hydrogen-bond donors (Lipinski definition) is 1. The minimum Gasteiger partial charge on any atom is -0.496 e. The normalized spacial score (nSPS) is 14.4. The number of halogens is 3. The molecule has 0 amide bonds. The van der Waals surface area contributed by atoms with Crippen molar-refractivity contribution in [3.63, 3.8) is 0 Å². The van der Waals surface area contributed by atoms with E-state index in [0.717, 1.165) is 23.4 Å². The van der Waals surface area contributed by atoms with E-state index >= 15 is 0 Å². The molecule has 5 nitrogen and oxygen atoms in total. The molecule has 1 aliphatic rings. The molecule has 1 aromatic carbocycles. The van der Waals surface area contributed by atoms with Crippen LogP contribution in [-0.4, -0.2) is 33.9 Å². The molecule has 2 aromatic rings. The van der Waals surface area contributed by atoms with Gasteiger partial charge in [-0.15, -0.1) is 0 Å². The first kappa shape index (κ1) is 22.8. The molecule has 1 aliphatic carbocycles. The molecule has 1 aromatic heterocycles. The number of nitrogens with zero attached hydrogens (tertiary/aromatic N) is 2. The van der Waals surface area contributed by atoms with Crippen LogP contribution in [0.1, 0.15) is 57.2 Å². The maximum Gasteiger partial charge on any atom is 0.490 e. The molecule has 3 rings (SSSR count). The Morgan fingerprint density at radius 1 is 1.28 bits per heavy atom. The number of aromatic nitrogens is 2. The minimum absolute atomic E-state index is 0.641. The summed E-state index contributed by atoms with van der Waals surface area (Å²) in [4.78, 5) is 13.7. The van der Waals surface area contributed by atoms with Crippen molar-refractivity contribution in [3.05, 3.63) is 36.3 Å². The van der Waals surface area contributed by atoms with Gasteiger partial charge in [0.05, 0.1) is 19.1 Å². The molecule has 160 valence electrons. The molecule has 29 heavy (non-hydrogen) atoms. The van der Waals surface area contributed by atoms with Crippen molar-refractivity contribution in [1.29, 1.82) is 0 Å². The number of ether oxygens (including phenoxy) is 1. The molecule has 0 saturated heterocycles. The van der Waals surface area contributed by atoms with Gasteiger partial charge in [-0.1, -0.05) is 38.3 Å². The van der Waals surface area contributed by atoms with Gasteiger partial charge in [0, 0.05) is 17.3 Å². The lowest BCUT2D eigenvalue weighted by Gasteiger charge is -2.16. The molecule has 1 N–H and O–H groups in total. The second kappa shape index (κ2) is 10.3. The van der Waals surface area contributed by atoms with Crippen LogP contribution in [0.25, 0.3) is 11.3 Å². The van der Waals surface area contributed by atoms with Gasteiger partial charge in [-0.2, -0.15) is 13.2 Å². The summed E-state index contributed by atoms with van der Waals surface area (Å²) in [6, 6.07) is 8.86. The molecule has 0 bridgehead atoms. The summed E-state index contributed by atoms with van der Waals surface area (Å²) in [5.41, 5.74) is 3.61. The van der Waals surface area contributed by atoms with E-state index in [-0.39, 0.29) is 0 Å². The second-order valence-corrected chi connectivity index (χ2v) is 6.99. The number of alkyl halides is 3. The van der Waals surface area contributed by atoms with Crippen molar-refractivity contribution < 1.29 is 27.8 Å². The van der Waals surface area contributed by atoms with E-state index in [2.05, 4.69) is 30.0 Å². The fourth-order valence-electron chi connectivity index (χ4n) is 3.54. The van der Waals surface area contributed by atoms with Gasteiger partial charge in [-0.25, -0.2) is 9.78 Å². The number of methoxy groups -OCH3 is 1. The minimum atomic E-state index is -5.08. The van der Waals surface area contributed by atoms with Gasteiger partial charge >= 0.3 is 12.1 Å². The van der Waals surface area contributed by atoms with Crippen LogP contribution in [0.15, 0.2) is 30.6 Å². The van der Waals surface area contributed by atoms with Crippen LogP contribution in [0.5, 0.6) is 5.75 Å². The topological polar surface area (TPSA) is 64.4 Å². The molecule has 8 heteroatoms. The zero-order valence-corrected chi connectivity index (χ0v) is 16.7. The predicted molar refractivity (Wildman–Crippen MR) is 104 cm³/mol. The van der Waals surface area contributed by atoms with Crippen LogP contribution in [0.4, 0.5) is 13.2 Å². The highest BCUT2D eigenvalue weighted by atomic mass is 19.4. The number of carboxylic acids is 1. The van der Waals surface area contributed by atoms with Gasteiger partial charge in [0.1, 0.15) is 5.75 Å². The summed E-state index contributed by atoms with van der Waals surface area (Å²) < 4.78 is 39.7. The van der Waals surface area contributed by atoms with Crippen molar-refractivity contribution in [2.75, 3.05) is 7.11 Å². The fourth-order valence-corrected chi connectivity index (χ4v) is 3.54. The molecule has 1 heterocycles. The van der Waals surface area contributed by atoms with Gasteiger partial charge < -0.3 is 14.4 Å². The Morgan fingerprint density at radius 3 is 2.45 bits per heavy atom. The zero-order chi connectivity index (χ0) is 21.4. The summed E-state index contributed by atoms with van der Waals surface area (Å²) >= 11 is 0. The third kappa shape index (κ3) is 5.98. The standard InChI is InChI=1S/C19H26N2O.C2HF3O2/c1-3-4-12-17-19(16-11-7-8-13-18(16)22-2)20-14-21(17)15-9-5-6-10-15;3-2(4,5)1(6)7/h7-8,11,13-15H,3-6,9-10,12H2,1-2H3;(H,6,7). The quantitative estimate of drug-likeness (QED) is 0.666. The molecule has 0 spiro atoms. The lowest BCUT2D eigenvalue weighted by molar-refractivity contribution is -0.192. The van der Waals surface area contributed by atoms with E-state index in [1.807, 2.05) is 12.1 Å². The maximum absolute atomic E-state index is 10.6. The van der Waals surface area contributed by atoms with Crippen LogP contribution in [0, 0.1) is 0 Å². The van der Waals surface area contributed by atoms with Gasteiger partial charge in [0.25, 0.3) is 0 Å². The molecule has 0 radical (unpaired) electrons. The fraction of sp³-hybridized carbons (Fsp3) is 0.524. The van der Waals surface area contributed by atoms with E-state index < -0.39 is 12.1 Å². The second-order valence-electron chi connectivity index (χ2n) is 6.99. The first-order chi connectivity index (χ1) is 13.8. The third-order valence-electron chi connectivity index (χ3n) is 4.99. The smallest absolute Gasteiger partial charge is 0.490 e. The van der Waals surface area contributed by atoms with Crippen molar-refractivity contribution >= 4 is 5.97 Å².